The number of aromatic nitrogens is 3. The lowest BCUT2D eigenvalue weighted by Gasteiger charge is -2.05. The summed E-state index contributed by atoms with van der Waals surface area (Å²) in [5.41, 5.74) is 0.960. The minimum absolute atomic E-state index is 0.601. The summed E-state index contributed by atoms with van der Waals surface area (Å²) in [6.07, 6.45) is 0. The molecule has 0 saturated heterocycles. The number of benzene rings is 1. The van der Waals surface area contributed by atoms with Crippen molar-refractivity contribution in [2.45, 2.75) is 6.54 Å². The summed E-state index contributed by atoms with van der Waals surface area (Å²) in [5, 5.41) is 10.8. The maximum absolute atomic E-state index is 5.88. The molecule has 0 aliphatic carbocycles. The molecule has 16 heavy (non-hydrogen) atoms. The maximum atomic E-state index is 5.88. The van der Waals surface area contributed by atoms with Crippen LogP contribution in [0.25, 0.3) is 0 Å². The van der Waals surface area contributed by atoms with Crippen molar-refractivity contribution in [2.24, 2.45) is 7.05 Å². The van der Waals surface area contributed by atoms with Gasteiger partial charge < -0.3 is 9.88 Å². The smallest absolute Gasteiger partial charge is 0.194 e. The molecule has 0 aliphatic heterocycles. The van der Waals surface area contributed by atoms with Crippen molar-refractivity contribution < 1.29 is 0 Å². The summed E-state index contributed by atoms with van der Waals surface area (Å²) in [5.74, 6) is 0.852. The third kappa shape index (κ3) is 2.43. The molecule has 1 heterocycles. The van der Waals surface area contributed by atoms with E-state index < -0.39 is 0 Å². The van der Waals surface area contributed by atoms with Crippen molar-refractivity contribution in [2.75, 3.05) is 5.32 Å². The van der Waals surface area contributed by atoms with E-state index in [0.717, 1.165) is 11.5 Å². The van der Waals surface area contributed by atoms with Gasteiger partial charge in [0.2, 0.25) is 0 Å². The molecule has 0 bridgehead atoms. The molecule has 1 aromatic carbocycles. The van der Waals surface area contributed by atoms with E-state index in [9.17, 15) is 0 Å². The summed E-state index contributed by atoms with van der Waals surface area (Å²) in [6, 6.07) is 7.55. The first-order chi connectivity index (χ1) is 7.66. The quantitative estimate of drug-likeness (QED) is 0.828. The molecular formula is C10H11ClN4S. The SMILES string of the molecule is Cn1c(CNc2cccc(Cl)c2)n[nH]c1=S. The Morgan fingerprint density at radius 3 is 3.00 bits per heavy atom. The Morgan fingerprint density at radius 2 is 2.38 bits per heavy atom. The van der Waals surface area contributed by atoms with Gasteiger partial charge in [0.25, 0.3) is 0 Å². The van der Waals surface area contributed by atoms with Crippen LogP contribution < -0.4 is 5.32 Å². The fourth-order valence-electron chi connectivity index (χ4n) is 1.32. The highest BCUT2D eigenvalue weighted by Crippen LogP contribution is 2.15. The van der Waals surface area contributed by atoms with E-state index in [1.54, 1.807) is 0 Å². The third-order valence-corrected chi connectivity index (χ3v) is 2.85. The number of nitrogens with zero attached hydrogens (tertiary/aromatic N) is 2. The zero-order valence-electron chi connectivity index (χ0n) is 8.70. The number of H-pyrrole nitrogens is 1. The molecule has 0 saturated carbocycles. The second-order valence-corrected chi connectivity index (χ2v) is 4.19. The number of hydrogen-bond acceptors (Lipinski definition) is 3. The molecule has 84 valence electrons. The van der Waals surface area contributed by atoms with Crippen molar-refractivity contribution in [1.82, 2.24) is 14.8 Å². The van der Waals surface area contributed by atoms with Crippen LogP contribution in [0.4, 0.5) is 5.69 Å². The number of nitrogens with one attached hydrogen (secondary N) is 2. The predicted octanol–water partition coefficient (Wildman–Crippen LogP) is 2.74. The number of aromatic amines is 1. The van der Waals surface area contributed by atoms with Gasteiger partial charge in [-0.15, -0.1) is 0 Å². The van der Waals surface area contributed by atoms with Gasteiger partial charge in [0, 0.05) is 17.8 Å². The van der Waals surface area contributed by atoms with Crippen LogP contribution >= 0.6 is 23.8 Å². The van der Waals surface area contributed by atoms with E-state index in [-0.39, 0.29) is 0 Å². The van der Waals surface area contributed by atoms with Crippen molar-refractivity contribution in [3.05, 3.63) is 39.9 Å². The Labute approximate surface area is 103 Å². The highest BCUT2D eigenvalue weighted by molar-refractivity contribution is 7.71. The van der Waals surface area contributed by atoms with Crippen LogP contribution in [0.5, 0.6) is 0 Å². The van der Waals surface area contributed by atoms with Gasteiger partial charge >= 0.3 is 0 Å². The van der Waals surface area contributed by atoms with Gasteiger partial charge in [0.05, 0.1) is 6.54 Å². The van der Waals surface area contributed by atoms with Crippen molar-refractivity contribution in [3.8, 4) is 0 Å². The van der Waals surface area contributed by atoms with E-state index in [4.69, 9.17) is 23.8 Å². The van der Waals surface area contributed by atoms with Gasteiger partial charge in [-0.25, -0.2) is 0 Å². The molecule has 0 radical (unpaired) electrons. The average Bonchev–Trinajstić information content (AvgIpc) is 2.57. The van der Waals surface area contributed by atoms with E-state index in [2.05, 4.69) is 15.5 Å². The Kier molecular flexibility index (Phi) is 3.26. The van der Waals surface area contributed by atoms with Crippen LogP contribution in [-0.2, 0) is 13.6 Å². The van der Waals surface area contributed by atoms with E-state index in [0.29, 0.717) is 16.3 Å². The van der Waals surface area contributed by atoms with Crippen molar-refractivity contribution in [1.29, 1.82) is 0 Å². The first kappa shape index (κ1) is 11.2. The predicted molar refractivity (Wildman–Crippen MR) is 67.2 cm³/mol. The summed E-state index contributed by atoms with van der Waals surface area (Å²) in [7, 11) is 1.88. The Morgan fingerprint density at radius 1 is 1.56 bits per heavy atom. The molecule has 0 spiro atoms. The van der Waals surface area contributed by atoms with E-state index in [1.165, 1.54) is 0 Å². The number of hydrogen-bond donors (Lipinski definition) is 2. The minimum atomic E-state index is 0.601. The molecule has 6 heteroatoms. The molecule has 2 rings (SSSR count). The average molecular weight is 255 g/mol. The van der Waals surface area contributed by atoms with Gasteiger partial charge in [-0.3, -0.25) is 5.10 Å². The lowest BCUT2D eigenvalue weighted by atomic mass is 10.3. The van der Waals surface area contributed by atoms with Crippen molar-refractivity contribution in [3.63, 3.8) is 0 Å². The summed E-state index contributed by atoms with van der Waals surface area (Å²) in [6.45, 7) is 0.601. The van der Waals surface area contributed by atoms with Gasteiger partial charge in [0.1, 0.15) is 0 Å². The molecule has 4 nitrogen and oxygen atoms in total. The molecule has 0 fully saturated rings. The van der Waals surface area contributed by atoms with Crippen LogP contribution in [0.1, 0.15) is 5.82 Å². The molecule has 0 unspecified atom stereocenters. The zero-order valence-corrected chi connectivity index (χ0v) is 10.3. The monoisotopic (exact) mass is 254 g/mol. The molecule has 0 aliphatic rings. The summed E-state index contributed by atoms with van der Waals surface area (Å²) in [4.78, 5) is 0. The lowest BCUT2D eigenvalue weighted by Crippen LogP contribution is -2.05. The van der Waals surface area contributed by atoms with E-state index >= 15 is 0 Å². The normalized spacial score (nSPS) is 10.4. The Hall–Kier alpha value is -1.33. The van der Waals surface area contributed by atoms with Gasteiger partial charge in [-0.2, -0.15) is 5.10 Å². The summed E-state index contributed by atoms with van der Waals surface area (Å²) < 4.78 is 2.44. The van der Waals surface area contributed by atoms with E-state index in [1.807, 2.05) is 35.9 Å². The lowest BCUT2D eigenvalue weighted by molar-refractivity contribution is 0.805. The second kappa shape index (κ2) is 4.67. The van der Waals surface area contributed by atoms with Crippen LogP contribution in [0.15, 0.2) is 24.3 Å². The van der Waals surface area contributed by atoms with Crippen LogP contribution in [-0.4, -0.2) is 14.8 Å². The highest BCUT2D eigenvalue weighted by Gasteiger charge is 2.01. The molecule has 0 amide bonds. The second-order valence-electron chi connectivity index (χ2n) is 3.37. The van der Waals surface area contributed by atoms with Crippen LogP contribution in [0.2, 0.25) is 5.02 Å². The van der Waals surface area contributed by atoms with Gasteiger partial charge in [-0.05, 0) is 30.4 Å². The fraction of sp³-hybridized carbons (Fsp3) is 0.200. The zero-order chi connectivity index (χ0) is 11.5. The first-order valence-electron chi connectivity index (χ1n) is 4.76. The maximum Gasteiger partial charge on any atom is 0.194 e. The Bertz CT molecular complexity index is 546. The van der Waals surface area contributed by atoms with Crippen LogP contribution in [0, 0.1) is 4.77 Å². The molecular weight excluding hydrogens is 244 g/mol. The standard InChI is InChI=1S/C10H11ClN4S/c1-15-9(13-14-10(15)16)6-12-8-4-2-3-7(11)5-8/h2-5,12H,6H2,1H3,(H,14,16). The van der Waals surface area contributed by atoms with Gasteiger partial charge in [-0.1, -0.05) is 17.7 Å². The molecule has 0 atom stereocenters. The highest BCUT2D eigenvalue weighted by atomic mass is 35.5. The summed E-state index contributed by atoms with van der Waals surface area (Å²) >= 11 is 10.9. The molecule has 2 aromatic rings. The topological polar surface area (TPSA) is 45.6 Å². The number of rotatable bonds is 3. The first-order valence-corrected chi connectivity index (χ1v) is 5.55. The Balaban J connectivity index is 2.08. The number of anilines is 1. The minimum Gasteiger partial charge on any atom is -0.378 e. The molecule has 1 aromatic heterocycles. The molecule has 2 N–H and O–H groups in total. The fourth-order valence-corrected chi connectivity index (χ4v) is 1.66. The van der Waals surface area contributed by atoms with Gasteiger partial charge in [0.15, 0.2) is 10.6 Å². The largest absolute Gasteiger partial charge is 0.378 e. The third-order valence-electron chi connectivity index (χ3n) is 2.25. The van der Waals surface area contributed by atoms with Crippen LogP contribution in [0.3, 0.4) is 0 Å². The van der Waals surface area contributed by atoms with Crippen molar-refractivity contribution >= 4 is 29.5 Å². The number of halogens is 1.